The molecule has 3 saturated heterocycles. The van der Waals surface area contributed by atoms with Crippen molar-refractivity contribution in [2.45, 2.75) is 81.6 Å². The molecule has 6 atom stereocenters. The van der Waals surface area contributed by atoms with Gasteiger partial charge >= 0.3 is 6.09 Å². The Hall–Kier alpha value is -3.07. The quantitative estimate of drug-likeness (QED) is 0.239. The van der Waals surface area contributed by atoms with Crippen molar-refractivity contribution in [3.8, 4) is 0 Å². The Morgan fingerprint density at radius 1 is 1.04 bits per heavy atom. The Morgan fingerprint density at radius 2 is 1.80 bits per heavy atom. The molecule has 0 bridgehead atoms. The molecule has 0 unspecified atom stereocenters. The van der Waals surface area contributed by atoms with Crippen molar-refractivity contribution in [3.63, 3.8) is 0 Å². The highest BCUT2D eigenvalue weighted by Gasteiger charge is 2.44. The van der Waals surface area contributed by atoms with Crippen LogP contribution in [-0.2, 0) is 42.0 Å². The van der Waals surface area contributed by atoms with Gasteiger partial charge in [0.15, 0.2) is 6.29 Å². The second-order valence-electron chi connectivity index (χ2n) is 12.7. The predicted molar refractivity (Wildman–Crippen MR) is 170 cm³/mol. The van der Waals surface area contributed by atoms with Crippen molar-refractivity contribution in [1.82, 2.24) is 20.3 Å². The van der Waals surface area contributed by atoms with Crippen molar-refractivity contribution in [3.05, 3.63) is 65.7 Å². The van der Waals surface area contributed by atoms with E-state index in [-0.39, 0.29) is 67.6 Å². The van der Waals surface area contributed by atoms with Gasteiger partial charge in [-0.3, -0.25) is 4.79 Å². The number of hydrogen-bond donors (Lipinski definition) is 4. The maximum absolute atomic E-state index is 13.9. The maximum Gasteiger partial charge on any atom is 0.407 e. The van der Waals surface area contributed by atoms with Crippen molar-refractivity contribution in [2.75, 3.05) is 32.8 Å². The molecular weight excluding hydrogens is 612 g/mol. The number of aliphatic hydroxyl groups is 1. The maximum atomic E-state index is 13.9. The van der Waals surface area contributed by atoms with Crippen LogP contribution in [0.15, 0.2) is 59.5 Å². The lowest BCUT2D eigenvalue weighted by molar-refractivity contribution is -0.122. The van der Waals surface area contributed by atoms with Gasteiger partial charge in [-0.05, 0) is 61.4 Å². The first-order chi connectivity index (χ1) is 22.1. The second-order valence-corrected chi connectivity index (χ2v) is 14.6. The Morgan fingerprint density at radius 3 is 2.50 bits per heavy atom. The molecule has 5 rings (SSSR count). The van der Waals surface area contributed by atoms with Gasteiger partial charge in [-0.2, -0.15) is 4.31 Å². The van der Waals surface area contributed by atoms with Crippen LogP contribution < -0.4 is 16.0 Å². The fraction of sp³-hybridized carbons (Fsp3) is 0.576. The number of ether oxygens (including phenoxy) is 3. The fourth-order valence-electron chi connectivity index (χ4n) is 6.18. The third-order valence-electron chi connectivity index (χ3n) is 8.67. The Balaban J connectivity index is 1.26. The third-order valence-corrected chi connectivity index (χ3v) is 10.5. The molecule has 4 N–H and O–H groups in total. The first-order valence-electron chi connectivity index (χ1n) is 16.1. The van der Waals surface area contributed by atoms with Crippen LogP contribution >= 0.6 is 0 Å². The van der Waals surface area contributed by atoms with Crippen molar-refractivity contribution in [2.24, 2.45) is 11.8 Å². The summed E-state index contributed by atoms with van der Waals surface area (Å²) in [4.78, 5) is 25.5. The molecule has 2 amide bonds. The van der Waals surface area contributed by atoms with Crippen LogP contribution in [0, 0.1) is 11.8 Å². The average molecular weight is 659 g/mol. The lowest BCUT2D eigenvalue weighted by atomic mass is 10.0. The molecule has 0 aliphatic carbocycles. The monoisotopic (exact) mass is 658 g/mol. The summed E-state index contributed by atoms with van der Waals surface area (Å²) in [6.07, 6.45) is -0.0288. The van der Waals surface area contributed by atoms with Gasteiger partial charge in [0.05, 0.1) is 42.2 Å². The molecule has 2 aromatic rings. The topological polar surface area (TPSA) is 156 Å². The van der Waals surface area contributed by atoms with Gasteiger partial charge < -0.3 is 35.3 Å². The van der Waals surface area contributed by atoms with Crippen LogP contribution in [0.3, 0.4) is 0 Å². The number of nitrogens with one attached hydrogen (secondary N) is 3. The molecule has 0 radical (unpaired) electrons. The zero-order valence-corrected chi connectivity index (χ0v) is 27.3. The Kier molecular flexibility index (Phi) is 11.7. The molecule has 13 heteroatoms. The van der Waals surface area contributed by atoms with Crippen LogP contribution in [-0.4, -0.2) is 93.3 Å². The summed E-state index contributed by atoms with van der Waals surface area (Å²) in [6.45, 7) is 5.62. The number of aliphatic hydroxyl groups excluding tert-OH is 1. The molecule has 252 valence electrons. The first-order valence-corrected chi connectivity index (χ1v) is 17.6. The van der Waals surface area contributed by atoms with E-state index in [1.165, 1.54) is 16.4 Å². The molecule has 3 fully saturated rings. The van der Waals surface area contributed by atoms with Crippen LogP contribution in [0.25, 0.3) is 0 Å². The summed E-state index contributed by atoms with van der Waals surface area (Å²) < 4.78 is 45.9. The second kappa shape index (κ2) is 15.7. The summed E-state index contributed by atoms with van der Waals surface area (Å²) >= 11 is 0. The van der Waals surface area contributed by atoms with Crippen molar-refractivity contribution < 1.29 is 37.3 Å². The van der Waals surface area contributed by atoms with E-state index in [1.807, 2.05) is 44.2 Å². The highest BCUT2D eigenvalue weighted by molar-refractivity contribution is 7.89. The number of fused-ring (bicyclic) bond motifs is 1. The molecule has 3 aliphatic heterocycles. The minimum Gasteiger partial charge on any atom is -0.443 e. The molecule has 12 nitrogen and oxygen atoms in total. The van der Waals surface area contributed by atoms with Crippen LogP contribution in [0.5, 0.6) is 0 Å². The summed E-state index contributed by atoms with van der Waals surface area (Å²) in [6, 6.07) is 14.7. The van der Waals surface area contributed by atoms with Crippen molar-refractivity contribution in [1.29, 1.82) is 0 Å². The number of carbonyl (C=O) groups is 2. The molecular formula is C33H46N4O8S. The number of benzene rings is 2. The van der Waals surface area contributed by atoms with Gasteiger partial charge in [-0.25, -0.2) is 13.2 Å². The van der Waals surface area contributed by atoms with E-state index in [1.54, 1.807) is 12.1 Å². The van der Waals surface area contributed by atoms with E-state index < -0.39 is 34.4 Å². The Labute approximate surface area is 271 Å². The number of alkyl carbamates (subject to hydrolysis) is 1. The summed E-state index contributed by atoms with van der Waals surface area (Å²) in [5.41, 5.74) is 1.64. The average Bonchev–Trinajstić information content (AvgIpc) is 3.81. The standard InChI is InChI=1S/C33H46N4O8S/c1-22(2)19-37(46(41,42)25-12-10-24(11-13-25)18-35-31(39)27-9-6-15-34-27)20-29(38)28(17-23-7-4-3-5-8-23)36-33(40)45-30-21-44-32-26(30)14-16-43-32/h3-5,7-8,10-13,22,26-30,32,34,38H,6,9,14-21H2,1-2H3,(H,35,39)(H,36,40)/t26-,27-,28-,29+,30-,32+/m0/s1. The van der Waals surface area contributed by atoms with E-state index in [0.29, 0.717) is 6.61 Å². The van der Waals surface area contributed by atoms with Gasteiger partial charge in [0.1, 0.15) is 6.10 Å². The number of nitrogens with zero attached hydrogens (tertiary/aromatic N) is 1. The van der Waals surface area contributed by atoms with Gasteiger partial charge in [-0.1, -0.05) is 56.3 Å². The van der Waals surface area contributed by atoms with Crippen molar-refractivity contribution >= 4 is 22.0 Å². The SMILES string of the molecule is CC(C)CN(C[C@@H](O)[C@H](Cc1ccccc1)NC(=O)O[C@H]1CO[C@H]2OCC[C@H]21)S(=O)(=O)c1ccc(CNC(=O)[C@@H]2CCCN2)cc1. The predicted octanol–water partition coefficient (Wildman–Crippen LogP) is 2.16. The Bertz CT molecular complexity index is 1400. The third kappa shape index (κ3) is 8.84. The number of carbonyl (C=O) groups excluding carboxylic acids is 2. The lowest BCUT2D eigenvalue weighted by Crippen LogP contribution is -2.51. The zero-order valence-electron chi connectivity index (χ0n) is 26.5. The van der Waals surface area contributed by atoms with E-state index in [0.717, 1.165) is 36.9 Å². The highest BCUT2D eigenvalue weighted by Crippen LogP contribution is 2.33. The summed E-state index contributed by atoms with van der Waals surface area (Å²) in [7, 11) is -4.01. The minimum atomic E-state index is -4.01. The van der Waals surface area contributed by atoms with Gasteiger partial charge in [0.2, 0.25) is 15.9 Å². The molecule has 0 saturated carbocycles. The minimum absolute atomic E-state index is 0.0323. The molecule has 0 spiro atoms. The smallest absolute Gasteiger partial charge is 0.407 e. The molecule has 46 heavy (non-hydrogen) atoms. The zero-order chi connectivity index (χ0) is 32.7. The number of sulfonamides is 1. The highest BCUT2D eigenvalue weighted by atomic mass is 32.2. The van der Waals surface area contributed by atoms with E-state index >= 15 is 0 Å². The summed E-state index contributed by atoms with van der Waals surface area (Å²) in [5.74, 6) is -0.140. The van der Waals surface area contributed by atoms with Gasteiger partial charge in [0.25, 0.3) is 0 Å². The normalized spacial score (nSPS) is 24.1. The first kappa shape index (κ1) is 34.3. The number of amides is 2. The van der Waals surface area contributed by atoms with Crippen LogP contribution in [0.2, 0.25) is 0 Å². The fourth-order valence-corrected chi connectivity index (χ4v) is 7.81. The molecule has 3 aliphatic rings. The van der Waals surface area contributed by atoms with E-state index in [9.17, 15) is 23.1 Å². The number of rotatable bonds is 14. The number of hydrogen-bond acceptors (Lipinski definition) is 9. The molecule has 3 heterocycles. The van der Waals surface area contributed by atoms with E-state index in [4.69, 9.17) is 14.2 Å². The molecule has 0 aromatic heterocycles. The largest absolute Gasteiger partial charge is 0.443 e. The lowest BCUT2D eigenvalue weighted by Gasteiger charge is -2.31. The van der Waals surface area contributed by atoms with Crippen LogP contribution in [0.4, 0.5) is 4.79 Å². The van der Waals surface area contributed by atoms with Gasteiger partial charge in [0, 0.05) is 19.6 Å². The molecule has 2 aromatic carbocycles. The van der Waals surface area contributed by atoms with Gasteiger partial charge in [-0.15, -0.1) is 0 Å². The summed E-state index contributed by atoms with van der Waals surface area (Å²) in [5, 5.41) is 20.4. The van der Waals surface area contributed by atoms with Crippen LogP contribution in [0.1, 0.15) is 44.2 Å². The van der Waals surface area contributed by atoms with E-state index in [2.05, 4.69) is 16.0 Å².